The number of pyridine rings is 1. The number of ether oxygens (including phenoxy) is 1. The molecule has 1 saturated carbocycles. The Morgan fingerprint density at radius 3 is 2.79 bits per heavy atom. The summed E-state index contributed by atoms with van der Waals surface area (Å²) in [6.45, 7) is 2.51. The van der Waals surface area contributed by atoms with Crippen molar-refractivity contribution in [2.45, 2.75) is 57.2 Å². The van der Waals surface area contributed by atoms with Gasteiger partial charge in [0.05, 0.1) is 0 Å². The van der Waals surface area contributed by atoms with Crippen LogP contribution in [0.25, 0.3) is 0 Å². The van der Waals surface area contributed by atoms with Gasteiger partial charge in [0.25, 0.3) is 0 Å². The fourth-order valence-electron chi connectivity index (χ4n) is 3.39. The number of likely N-dealkylation sites (tertiary alicyclic amines) is 1. The van der Waals surface area contributed by atoms with Crippen LogP contribution in [-0.2, 0) is 6.54 Å². The van der Waals surface area contributed by atoms with Crippen LogP contribution in [0.3, 0.4) is 0 Å². The molecule has 1 aliphatic carbocycles. The zero-order valence-corrected chi connectivity index (χ0v) is 14.5. The molecular formula is C18H28N4O2. The van der Waals surface area contributed by atoms with Gasteiger partial charge in [0.2, 0.25) is 5.88 Å². The Kier molecular flexibility index (Phi) is 5.91. The Balaban J connectivity index is 1.48. The van der Waals surface area contributed by atoms with E-state index >= 15 is 0 Å². The molecule has 1 saturated heterocycles. The first-order chi connectivity index (χ1) is 11.7. The van der Waals surface area contributed by atoms with Crippen molar-refractivity contribution in [1.29, 1.82) is 0 Å². The Hall–Kier alpha value is -1.82. The fourth-order valence-corrected chi connectivity index (χ4v) is 3.39. The van der Waals surface area contributed by atoms with E-state index < -0.39 is 0 Å². The standard InChI is InChI=1S/C18H28N4O2/c1-22-11-8-15(9-12-22)21-18(23)20-13-14-5-4-10-19-17(14)24-16-6-2-3-7-16/h4-5,10,15-16H,2-3,6-9,11-13H2,1H3,(H2,20,21,23). The van der Waals surface area contributed by atoms with Crippen LogP contribution < -0.4 is 15.4 Å². The van der Waals surface area contributed by atoms with E-state index in [0.717, 1.165) is 44.3 Å². The van der Waals surface area contributed by atoms with Gasteiger partial charge in [-0.1, -0.05) is 6.07 Å². The molecule has 2 aliphatic rings. The second-order valence-electron chi connectivity index (χ2n) is 6.90. The van der Waals surface area contributed by atoms with Crippen molar-refractivity contribution in [2.75, 3.05) is 20.1 Å². The molecule has 0 bridgehead atoms. The van der Waals surface area contributed by atoms with Crippen molar-refractivity contribution in [2.24, 2.45) is 0 Å². The molecule has 0 aromatic carbocycles. The highest BCUT2D eigenvalue weighted by atomic mass is 16.5. The number of nitrogens with zero attached hydrogens (tertiary/aromatic N) is 2. The lowest BCUT2D eigenvalue weighted by molar-refractivity contribution is 0.198. The minimum absolute atomic E-state index is 0.111. The second kappa shape index (κ2) is 8.33. The summed E-state index contributed by atoms with van der Waals surface area (Å²) in [5.74, 6) is 0.656. The van der Waals surface area contributed by atoms with Crippen molar-refractivity contribution in [3.05, 3.63) is 23.9 Å². The second-order valence-corrected chi connectivity index (χ2v) is 6.90. The lowest BCUT2D eigenvalue weighted by Gasteiger charge is -2.29. The van der Waals surface area contributed by atoms with Crippen LogP contribution in [-0.4, -0.2) is 48.2 Å². The molecular weight excluding hydrogens is 304 g/mol. The Bertz CT molecular complexity index is 538. The third kappa shape index (κ3) is 4.84. The van der Waals surface area contributed by atoms with Crippen molar-refractivity contribution >= 4 is 6.03 Å². The summed E-state index contributed by atoms with van der Waals surface area (Å²) in [5, 5.41) is 6.00. The maximum atomic E-state index is 12.1. The molecule has 3 rings (SSSR count). The van der Waals surface area contributed by atoms with E-state index in [4.69, 9.17) is 4.74 Å². The van der Waals surface area contributed by atoms with E-state index in [9.17, 15) is 4.79 Å². The van der Waals surface area contributed by atoms with Crippen LogP contribution in [0.15, 0.2) is 18.3 Å². The zero-order valence-electron chi connectivity index (χ0n) is 14.5. The van der Waals surface area contributed by atoms with Crippen LogP contribution in [0, 0.1) is 0 Å². The van der Waals surface area contributed by atoms with Crippen molar-refractivity contribution in [1.82, 2.24) is 20.5 Å². The predicted molar refractivity (Wildman–Crippen MR) is 93.0 cm³/mol. The SMILES string of the molecule is CN1CCC(NC(=O)NCc2cccnc2OC2CCCC2)CC1. The van der Waals surface area contributed by atoms with Crippen molar-refractivity contribution < 1.29 is 9.53 Å². The van der Waals surface area contributed by atoms with Gasteiger partial charge in [0, 0.05) is 24.3 Å². The topological polar surface area (TPSA) is 66.5 Å². The Morgan fingerprint density at radius 1 is 1.29 bits per heavy atom. The van der Waals surface area contributed by atoms with E-state index in [1.54, 1.807) is 6.20 Å². The maximum Gasteiger partial charge on any atom is 0.315 e. The summed E-state index contributed by atoms with van der Waals surface area (Å²) in [6.07, 6.45) is 8.67. The number of urea groups is 1. The lowest BCUT2D eigenvalue weighted by Crippen LogP contribution is -2.46. The summed E-state index contributed by atoms with van der Waals surface area (Å²) in [7, 11) is 2.12. The number of aromatic nitrogens is 1. The molecule has 6 nitrogen and oxygen atoms in total. The fraction of sp³-hybridized carbons (Fsp3) is 0.667. The lowest BCUT2D eigenvalue weighted by atomic mass is 10.1. The molecule has 1 aliphatic heterocycles. The highest BCUT2D eigenvalue weighted by molar-refractivity contribution is 5.74. The molecule has 2 fully saturated rings. The summed E-state index contributed by atoms with van der Waals surface area (Å²) >= 11 is 0. The number of carbonyl (C=O) groups excluding carboxylic acids is 1. The quantitative estimate of drug-likeness (QED) is 0.868. The molecule has 24 heavy (non-hydrogen) atoms. The van der Waals surface area contributed by atoms with Gasteiger partial charge >= 0.3 is 6.03 Å². The maximum absolute atomic E-state index is 12.1. The predicted octanol–water partition coefficient (Wildman–Crippen LogP) is 2.30. The van der Waals surface area contributed by atoms with Gasteiger partial charge in [-0.25, -0.2) is 9.78 Å². The third-order valence-corrected chi connectivity index (χ3v) is 4.92. The highest BCUT2D eigenvalue weighted by Gasteiger charge is 2.20. The smallest absolute Gasteiger partial charge is 0.315 e. The molecule has 0 unspecified atom stereocenters. The van der Waals surface area contributed by atoms with Gasteiger partial charge in [-0.15, -0.1) is 0 Å². The molecule has 6 heteroatoms. The minimum Gasteiger partial charge on any atom is -0.474 e. The number of hydrogen-bond acceptors (Lipinski definition) is 4. The van der Waals surface area contributed by atoms with Gasteiger partial charge in [-0.2, -0.15) is 0 Å². The number of nitrogens with one attached hydrogen (secondary N) is 2. The van der Waals surface area contributed by atoms with E-state index in [1.807, 2.05) is 12.1 Å². The van der Waals surface area contributed by atoms with Crippen LogP contribution in [0.4, 0.5) is 4.79 Å². The normalized spacial score (nSPS) is 20.0. The van der Waals surface area contributed by atoms with Gasteiger partial charge in [-0.05, 0) is 64.7 Å². The number of amides is 2. The van der Waals surface area contributed by atoms with E-state index in [2.05, 4.69) is 27.6 Å². The Morgan fingerprint density at radius 2 is 2.04 bits per heavy atom. The first kappa shape index (κ1) is 17.0. The summed E-state index contributed by atoms with van der Waals surface area (Å²) in [6, 6.07) is 4.00. The summed E-state index contributed by atoms with van der Waals surface area (Å²) in [4.78, 5) is 18.8. The molecule has 2 N–H and O–H groups in total. The Labute approximate surface area is 144 Å². The number of piperidine rings is 1. The van der Waals surface area contributed by atoms with Crippen LogP contribution >= 0.6 is 0 Å². The van der Waals surface area contributed by atoms with Gasteiger partial charge in [0.1, 0.15) is 6.10 Å². The average Bonchev–Trinajstić information content (AvgIpc) is 3.09. The van der Waals surface area contributed by atoms with E-state index in [1.165, 1.54) is 12.8 Å². The number of rotatable bonds is 5. The largest absolute Gasteiger partial charge is 0.474 e. The van der Waals surface area contributed by atoms with Gasteiger partial charge in [0.15, 0.2) is 0 Å². The molecule has 0 spiro atoms. The van der Waals surface area contributed by atoms with Crippen molar-refractivity contribution in [3.8, 4) is 5.88 Å². The van der Waals surface area contributed by atoms with Gasteiger partial charge < -0.3 is 20.3 Å². The average molecular weight is 332 g/mol. The van der Waals surface area contributed by atoms with E-state index in [0.29, 0.717) is 12.4 Å². The molecule has 0 radical (unpaired) electrons. The number of carbonyl (C=O) groups is 1. The molecule has 2 amide bonds. The van der Waals surface area contributed by atoms with Crippen molar-refractivity contribution in [3.63, 3.8) is 0 Å². The first-order valence-corrected chi connectivity index (χ1v) is 9.04. The summed E-state index contributed by atoms with van der Waals surface area (Å²) in [5.41, 5.74) is 0.933. The summed E-state index contributed by atoms with van der Waals surface area (Å²) < 4.78 is 6.01. The molecule has 1 aromatic rings. The third-order valence-electron chi connectivity index (χ3n) is 4.92. The number of hydrogen-bond donors (Lipinski definition) is 2. The van der Waals surface area contributed by atoms with Crippen LogP contribution in [0.1, 0.15) is 44.1 Å². The van der Waals surface area contributed by atoms with Crippen LogP contribution in [0.2, 0.25) is 0 Å². The molecule has 1 aromatic heterocycles. The van der Waals surface area contributed by atoms with Gasteiger partial charge in [-0.3, -0.25) is 0 Å². The van der Waals surface area contributed by atoms with Crippen LogP contribution in [0.5, 0.6) is 5.88 Å². The molecule has 2 heterocycles. The molecule has 132 valence electrons. The minimum atomic E-state index is -0.111. The monoisotopic (exact) mass is 332 g/mol. The highest BCUT2D eigenvalue weighted by Crippen LogP contribution is 2.24. The first-order valence-electron chi connectivity index (χ1n) is 9.04. The zero-order chi connectivity index (χ0) is 16.8. The molecule has 0 atom stereocenters. The van der Waals surface area contributed by atoms with E-state index in [-0.39, 0.29) is 18.2 Å².